The van der Waals surface area contributed by atoms with Gasteiger partial charge in [0.2, 0.25) is 0 Å². The molecule has 0 saturated heterocycles. The highest BCUT2D eigenvalue weighted by Gasteiger charge is 2.28. The maximum Gasteiger partial charge on any atom is 0.405 e. The smallest absolute Gasteiger partial charge is 0.343 e. The van der Waals surface area contributed by atoms with Crippen molar-refractivity contribution in [3.63, 3.8) is 0 Å². The van der Waals surface area contributed by atoms with Gasteiger partial charge in [0, 0.05) is 10.0 Å². The first-order chi connectivity index (χ1) is 11.6. The first-order valence-electron chi connectivity index (χ1n) is 6.81. The summed E-state index contributed by atoms with van der Waals surface area (Å²) in [6, 6.07) is 11.1. The normalized spacial score (nSPS) is 11.8. The number of hydrogen-bond donors (Lipinski definition) is 2. The van der Waals surface area contributed by atoms with Crippen LogP contribution >= 0.6 is 15.9 Å². The van der Waals surface area contributed by atoms with Gasteiger partial charge in [-0.2, -0.15) is 13.2 Å². The highest BCUT2D eigenvalue weighted by atomic mass is 79.9. The van der Waals surface area contributed by atoms with Gasteiger partial charge in [-0.1, -0.05) is 12.1 Å². The Balaban J connectivity index is 2.13. The van der Waals surface area contributed by atoms with Gasteiger partial charge in [-0.05, 0) is 52.3 Å². The van der Waals surface area contributed by atoms with E-state index in [9.17, 15) is 26.4 Å². The zero-order valence-corrected chi connectivity index (χ0v) is 14.9. The molecule has 0 aromatic heterocycles. The fraction of sp³-hybridized carbons (Fsp3) is 0.133. The number of nitrogens with one attached hydrogen (secondary N) is 2. The minimum atomic E-state index is -4.52. The number of para-hydroxylation sites is 1. The number of alkyl halides is 3. The molecular weight excluding hydrogens is 425 g/mol. The molecule has 0 heterocycles. The molecule has 2 N–H and O–H groups in total. The molecule has 0 fully saturated rings. The van der Waals surface area contributed by atoms with Crippen molar-refractivity contribution in [2.45, 2.75) is 11.1 Å². The van der Waals surface area contributed by atoms with Gasteiger partial charge in [-0.15, -0.1) is 0 Å². The summed E-state index contributed by atoms with van der Waals surface area (Å²) in [6.45, 7) is -1.46. The molecule has 5 nitrogen and oxygen atoms in total. The molecule has 2 aromatic rings. The molecule has 0 spiro atoms. The molecule has 1 amide bonds. The molecule has 0 atom stereocenters. The monoisotopic (exact) mass is 436 g/mol. The lowest BCUT2D eigenvalue weighted by atomic mass is 10.2. The second-order valence-corrected chi connectivity index (χ2v) is 7.44. The van der Waals surface area contributed by atoms with Crippen molar-refractivity contribution in [2.75, 3.05) is 11.3 Å². The van der Waals surface area contributed by atoms with Crippen molar-refractivity contribution in [2.24, 2.45) is 0 Å². The number of sulfonamides is 1. The van der Waals surface area contributed by atoms with Crippen molar-refractivity contribution >= 4 is 37.5 Å². The van der Waals surface area contributed by atoms with Crippen LogP contribution < -0.4 is 10.0 Å². The van der Waals surface area contributed by atoms with Crippen molar-refractivity contribution < 1.29 is 26.4 Å². The van der Waals surface area contributed by atoms with Gasteiger partial charge >= 0.3 is 6.18 Å². The molecule has 25 heavy (non-hydrogen) atoms. The van der Waals surface area contributed by atoms with Crippen LogP contribution in [0.25, 0.3) is 0 Å². The lowest BCUT2D eigenvalue weighted by Gasteiger charge is -2.11. The number of hydrogen-bond acceptors (Lipinski definition) is 3. The molecule has 2 aromatic carbocycles. The summed E-state index contributed by atoms with van der Waals surface area (Å²) < 4.78 is 63.8. The summed E-state index contributed by atoms with van der Waals surface area (Å²) in [5, 5.41) is 1.71. The standard InChI is InChI=1S/C15H12BrF3N2O3S/c16-12-3-1-2-4-13(12)21-25(23,24)11-7-5-10(6-8-11)14(22)20-9-15(17,18)19/h1-8,21H,9H2,(H,20,22). The third kappa shape index (κ3) is 5.46. The summed E-state index contributed by atoms with van der Waals surface area (Å²) in [7, 11) is -3.91. The molecule has 0 bridgehead atoms. The Hall–Kier alpha value is -2.07. The summed E-state index contributed by atoms with van der Waals surface area (Å²) in [5.74, 6) is -0.944. The molecule has 0 aliphatic rings. The van der Waals surface area contributed by atoms with E-state index in [2.05, 4.69) is 20.7 Å². The second-order valence-electron chi connectivity index (χ2n) is 4.91. The number of carbonyl (C=O) groups excluding carboxylic acids is 1. The van der Waals surface area contributed by atoms with Crippen LogP contribution in [0.3, 0.4) is 0 Å². The highest BCUT2D eigenvalue weighted by Crippen LogP contribution is 2.24. The number of halogens is 4. The Labute approximate surface area is 150 Å². The van der Waals surface area contributed by atoms with Crippen LogP contribution in [0.5, 0.6) is 0 Å². The molecule has 0 saturated carbocycles. The van der Waals surface area contributed by atoms with E-state index < -0.39 is 28.7 Å². The Morgan fingerprint density at radius 1 is 1.04 bits per heavy atom. The lowest BCUT2D eigenvalue weighted by Crippen LogP contribution is -2.33. The minimum Gasteiger partial charge on any atom is -0.343 e. The maximum absolute atomic E-state index is 12.3. The first-order valence-corrected chi connectivity index (χ1v) is 9.08. The lowest BCUT2D eigenvalue weighted by molar-refractivity contribution is -0.123. The molecule has 0 radical (unpaired) electrons. The molecule has 0 aliphatic heterocycles. The van der Waals surface area contributed by atoms with E-state index in [1.54, 1.807) is 29.6 Å². The van der Waals surface area contributed by atoms with Crippen LogP contribution in [-0.4, -0.2) is 27.0 Å². The summed E-state index contributed by atoms with van der Waals surface area (Å²) in [5.41, 5.74) is 0.249. The number of anilines is 1. The molecule has 10 heteroatoms. The van der Waals surface area contributed by atoms with Crippen LogP contribution in [0, 0.1) is 0 Å². The molecular formula is C15H12BrF3N2O3S. The molecule has 134 valence electrons. The van der Waals surface area contributed by atoms with E-state index in [0.717, 1.165) is 24.3 Å². The minimum absolute atomic E-state index is 0.0795. The zero-order valence-electron chi connectivity index (χ0n) is 12.5. The van der Waals surface area contributed by atoms with Crippen LogP contribution in [0.15, 0.2) is 57.9 Å². The Bertz CT molecular complexity index is 868. The van der Waals surface area contributed by atoms with Gasteiger partial charge in [-0.3, -0.25) is 9.52 Å². The summed E-state index contributed by atoms with van der Waals surface area (Å²) in [4.78, 5) is 11.5. The topological polar surface area (TPSA) is 75.3 Å². The highest BCUT2D eigenvalue weighted by molar-refractivity contribution is 9.10. The zero-order chi connectivity index (χ0) is 18.7. The third-order valence-corrected chi connectivity index (χ3v) is 5.07. The van der Waals surface area contributed by atoms with Crippen molar-refractivity contribution in [1.82, 2.24) is 5.32 Å². The molecule has 0 unspecified atom stereocenters. The van der Waals surface area contributed by atoms with E-state index in [-0.39, 0.29) is 10.5 Å². The van der Waals surface area contributed by atoms with Gasteiger partial charge in [0.15, 0.2) is 0 Å². The van der Waals surface area contributed by atoms with Crippen LogP contribution in [0.2, 0.25) is 0 Å². The maximum atomic E-state index is 12.3. The quantitative estimate of drug-likeness (QED) is 0.752. The Morgan fingerprint density at radius 2 is 1.64 bits per heavy atom. The second kappa shape index (κ2) is 7.44. The largest absolute Gasteiger partial charge is 0.405 e. The van der Waals surface area contributed by atoms with Gasteiger partial charge in [0.05, 0.1) is 10.6 Å². The molecule has 2 rings (SSSR count). The van der Waals surface area contributed by atoms with Gasteiger partial charge in [-0.25, -0.2) is 8.42 Å². The van der Waals surface area contributed by atoms with Crippen LogP contribution in [0.1, 0.15) is 10.4 Å². The summed E-state index contributed by atoms with van der Waals surface area (Å²) in [6.07, 6.45) is -4.52. The first kappa shape index (κ1) is 19.3. The SMILES string of the molecule is O=C(NCC(F)(F)F)c1ccc(S(=O)(=O)Nc2ccccc2Br)cc1. The van der Waals surface area contributed by atoms with Gasteiger partial charge < -0.3 is 5.32 Å². The van der Waals surface area contributed by atoms with Crippen molar-refractivity contribution in [1.29, 1.82) is 0 Å². The number of amides is 1. The van der Waals surface area contributed by atoms with Crippen LogP contribution in [-0.2, 0) is 10.0 Å². The number of benzene rings is 2. The fourth-order valence-corrected chi connectivity index (χ4v) is 3.41. The van der Waals surface area contributed by atoms with Gasteiger partial charge in [0.1, 0.15) is 6.54 Å². The van der Waals surface area contributed by atoms with E-state index in [4.69, 9.17) is 0 Å². The Kier molecular flexibility index (Phi) is 5.73. The van der Waals surface area contributed by atoms with Crippen LogP contribution in [0.4, 0.5) is 18.9 Å². The van der Waals surface area contributed by atoms with Crippen molar-refractivity contribution in [3.8, 4) is 0 Å². The Morgan fingerprint density at radius 3 is 2.20 bits per heavy atom. The van der Waals surface area contributed by atoms with E-state index in [1.807, 2.05) is 0 Å². The van der Waals surface area contributed by atoms with E-state index in [1.165, 1.54) is 0 Å². The number of rotatable bonds is 5. The average molecular weight is 437 g/mol. The summed E-state index contributed by atoms with van der Waals surface area (Å²) >= 11 is 3.21. The third-order valence-electron chi connectivity index (χ3n) is 2.99. The predicted molar refractivity (Wildman–Crippen MR) is 89.8 cm³/mol. The van der Waals surface area contributed by atoms with Gasteiger partial charge in [0.25, 0.3) is 15.9 Å². The van der Waals surface area contributed by atoms with Crippen molar-refractivity contribution in [3.05, 3.63) is 58.6 Å². The van der Waals surface area contributed by atoms with E-state index in [0.29, 0.717) is 10.2 Å². The average Bonchev–Trinajstić information content (AvgIpc) is 2.54. The molecule has 0 aliphatic carbocycles. The predicted octanol–water partition coefficient (Wildman–Crippen LogP) is 3.54. The number of carbonyl (C=O) groups is 1. The fourth-order valence-electron chi connectivity index (χ4n) is 1.82. The van der Waals surface area contributed by atoms with E-state index >= 15 is 0 Å².